The predicted octanol–water partition coefficient (Wildman–Crippen LogP) is 7.50. The number of hydrogen-bond donors (Lipinski definition) is 1. The molecule has 1 amide bonds. The zero-order chi connectivity index (χ0) is 28.3. The number of hydrogen-bond acceptors (Lipinski definition) is 9. The Bertz CT molecular complexity index is 1850. The molecule has 0 aliphatic rings. The average molecular weight is 585 g/mol. The highest BCUT2D eigenvalue weighted by Crippen LogP contribution is 2.32. The zero-order valence-corrected chi connectivity index (χ0v) is 23.1. The number of nitrogens with one attached hydrogen (secondary N) is 1. The molecular weight excluding hydrogens is 564 g/mol. The molecule has 2 aromatic carbocycles. The van der Waals surface area contributed by atoms with Crippen LogP contribution < -0.4 is 5.32 Å². The largest absolute Gasteiger partial charge is 0.463 e. The minimum atomic E-state index is -1.03. The van der Waals surface area contributed by atoms with Crippen molar-refractivity contribution in [1.29, 1.82) is 0 Å². The topological polar surface area (TPSA) is 120 Å². The van der Waals surface area contributed by atoms with Crippen molar-refractivity contribution in [3.63, 3.8) is 0 Å². The summed E-state index contributed by atoms with van der Waals surface area (Å²) >= 11 is 7.52. The van der Waals surface area contributed by atoms with E-state index < -0.39 is 18.0 Å². The third kappa shape index (κ3) is 5.47. The summed E-state index contributed by atoms with van der Waals surface area (Å²) in [6.45, 7) is 1.76. The van der Waals surface area contributed by atoms with Crippen molar-refractivity contribution >= 4 is 51.0 Å². The Morgan fingerprint density at radius 2 is 1.63 bits per heavy atom. The van der Waals surface area contributed by atoms with Gasteiger partial charge < -0.3 is 13.6 Å². The van der Waals surface area contributed by atoms with Crippen molar-refractivity contribution < 1.29 is 23.2 Å². The van der Waals surface area contributed by atoms with Crippen LogP contribution >= 0.6 is 22.9 Å². The van der Waals surface area contributed by atoms with Crippen LogP contribution in [0.25, 0.3) is 45.2 Å². The number of halogens is 1. The summed E-state index contributed by atoms with van der Waals surface area (Å²) in [4.78, 5) is 40.0. The average Bonchev–Trinajstić information content (AvgIpc) is 3.78. The van der Waals surface area contributed by atoms with E-state index in [2.05, 4.69) is 10.3 Å². The van der Waals surface area contributed by atoms with Crippen molar-refractivity contribution in [2.75, 3.05) is 5.32 Å². The maximum Gasteiger partial charge on any atom is 0.338 e. The molecule has 9 nitrogen and oxygen atoms in total. The summed E-state index contributed by atoms with van der Waals surface area (Å²) in [6.07, 6.45) is 2.33. The van der Waals surface area contributed by atoms with Crippen molar-refractivity contribution in [3.8, 4) is 34.2 Å². The molecule has 4 aromatic heterocycles. The molecule has 204 valence electrons. The third-order valence-electron chi connectivity index (χ3n) is 6.21. The summed E-state index contributed by atoms with van der Waals surface area (Å²) in [7, 11) is 0. The minimum absolute atomic E-state index is 0.226. The van der Waals surface area contributed by atoms with Gasteiger partial charge in [0.15, 0.2) is 22.8 Å². The number of furan rings is 2. The summed E-state index contributed by atoms with van der Waals surface area (Å²) in [6, 6.07) is 19.2. The summed E-state index contributed by atoms with van der Waals surface area (Å²) in [5, 5.41) is 5.47. The fourth-order valence-corrected chi connectivity index (χ4v) is 5.13. The normalized spacial score (nSPS) is 11.9. The van der Waals surface area contributed by atoms with E-state index in [1.165, 1.54) is 11.3 Å². The Morgan fingerprint density at radius 1 is 0.927 bits per heavy atom. The van der Waals surface area contributed by atoms with Gasteiger partial charge in [0.1, 0.15) is 11.4 Å². The Hall–Kier alpha value is -4.80. The molecule has 41 heavy (non-hydrogen) atoms. The second-order valence-corrected chi connectivity index (χ2v) is 10.2. The van der Waals surface area contributed by atoms with Gasteiger partial charge in [-0.2, -0.15) is 0 Å². The van der Waals surface area contributed by atoms with E-state index in [1.807, 2.05) is 18.2 Å². The molecule has 0 radical (unpaired) electrons. The second-order valence-electron chi connectivity index (χ2n) is 8.89. The summed E-state index contributed by atoms with van der Waals surface area (Å²) in [5.41, 5.74) is 3.60. The van der Waals surface area contributed by atoms with Crippen LogP contribution in [0.2, 0.25) is 5.02 Å². The highest BCUT2D eigenvalue weighted by molar-refractivity contribution is 7.14. The molecule has 1 N–H and O–H groups in total. The lowest BCUT2D eigenvalue weighted by Crippen LogP contribution is -2.32. The molecule has 11 heteroatoms. The van der Waals surface area contributed by atoms with Gasteiger partial charge in [0.2, 0.25) is 0 Å². The van der Waals surface area contributed by atoms with Gasteiger partial charge in [-0.15, -0.1) is 11.3 Å². The number of nitrogens with zero attached hydrogens (tertiary/aromatic N) is 3. The molecule has 1 atom stereocenters. The fourth-order valence-electron chi connectivity index (χ4n) is 4.18. The minimum Gasteiger partial charge on any atom is -0.463 e. The maximum atomic E-state index is 13.1. The van der Waals surface area contributed by atoms with Crippen LogP contribution in [-0.2, 0) is 9.53 Å². The molecule has 0 aliphatic heterocycles. The first kappa shape index (κ1) is 26.4. The van der Waals surface area contributed by atoms with Crippen LogP contribution in [-0.4, -0.2) is 32.9 Å². The molecule has 0 saturated heterocycles. The van der Waals surface area contributed by atoms with Crippen LogP contribution in [0.5, 0.6) is 0 Å². The van der Waals surface area contributed by atoms with Crippen molar-refractivity contribution in [2.24, 2.45) is 0 Å². The molecule has 4 heterocycles. The Balaban J connectivity index is 1.21. The van der Waals surface area contributed by atoms with Gasteiger partial charge in [0.05, 0.1) is 34.8 Å². The number of fused-ring (bicyclic) bond motifs is 1. The van der Waals surface area contributed by atoms with Gasteiger partial charge in [-0.05, 0) is 55.0 Å². The van der Waals surface area contributed by atoms with E-state index in [1.54, 1.807) is 73.4 Å². The monoisotopic (exact) mass is 584 g/mol. The van der Waals surface area contributed by atoms with Crippen molar-refractivity contribution in [3.05, 3.63) is 95.2 Å². The number of esters is 1. The molecule has 0 spiro atoms. The number of thiazole rings is 1. The predicted molar refractivity (Wildman–Crippen MR) is 156 cm³/mol. The molecule has 0 saturated carbocycles. The molecule has 0 bridgehead atoms. The lowest BCUT2D eigenvalue weighted by molar-refractivity contribution is -0.124. The van der Waals surface area contributed by atoms with Gasteiger partial charge in [-0.1, -0.05) is 36.7 Å². The summed E-state index contributed by atoms with van der Waals surface area (Å²) < 4.78 is 16.7. The van der Waals surface area contributed by atoms with Gasteiger partial charge in [0.25, 0.3) is 5.91 Å². The van der Waals surface area contributed by atoms with Crippen molar-refractivity contribution in [1.82, 2.24) is 15.0 Å². The van der Waals surface area contributed by atoms with Gasteiger partial charge in [-0.25, -0.2) is 19.7 Å². The maximum absolute atomic E-state index is 13.1. The van der Waals surface area contributed by atoms with Crippen LogP contribution in [0.15, 0.2) is 93.5 Å². The zero-order valence-electron chi connectivity index (χ0n) is 21.5. The number of ether oxygens (including phenoxy) is 1. The number of aromatic nitrogens is 3. The fraction of sp³-hybridized carbons (Fsp3) is 0.100. The highest BCUT2D eigenvalue weighted by Gasteiger charge is 2.24. The lowest BCUT2D eigenvalue weighted by Gasteiger charge is -2.15. The van der Waals surface area contributed by atoms with E-state index in [4.69, 9.17) is 35.1 Å². The Kier molecular flexibility index (Phi) is 7.32. The molecule has 1 unspecified atom stereocenters. The lowest BCUT2D eigenvalue weighted by atomic mass is 10.1. The number of benzene rings is 2. The molecule has 6 aromatic rings. The van der Waals surface area contributed by atoms with Crippen LogP contribution in [0, 0.1) is 0 Å². The van der Waals surface area contributed by atoms with Crippen LogP contribution in [0.4, 0.5) is 5.13 Å². The van der Waals surface area contributed by atoms with E-state index >= 15 is 0 Å². The Morgan fingerprint density at radius 3 is 2.29 bits per heavy atom. The smallest absolute Gasteiger partial charge is 0.338 e. The quantitative estimate of drug-likeness (QED) is 0.183. The number of carbonyl (C=O) groups is 2. The van der Waals surface area contributed by atoms with Gasteiger partial charge in [0, 0.05) is 16.0 Å². The third-order valence-corrected chi connectivity index (χ3v) is 7.29. The number of rotatable bonds is 8. The van der Waals surface area contributed by atoms with Crippen molar-refractivity contribution in [2.45, 2.75) is 19.4 Å². The molecule has 0 fully saturated rings. The molecule has 0 aliphatic carbocycles. The van der Waals surface area contributed by atoms with E-state index in [0.717, 1.165) is 5.56 Å². The van der Waals surface area contributed by atoms with Gasteiger partial charge in [-0.3, -0.25) is 10.1 Å². The van der Waals surface area contributed by atoms with E-state index in [0.29, 0.717) is 49.8 Å². The molecular formula is C30H21ClN4O5S. The number of anilines is 1. The van der Waals surface area contributed by atoms with Gasteiger partial charge >= 0.3 is 5.97 Å². The van der Waals surface area contributed by atoms with Crippen LogP contribution in [0.3, 0.4) is 0 Å². The molecule has 6 rings (SSSR count). The second kappa shape index (κ2) is 11.4. The standard InChI is InChI=1S/C30H21ClN4O5S/c1-2-23(28(36)35-30-34-22(16-41-30)18-7-3-4-8-19(18)31)40-29(37)17-11-12-20-21(15-17)33-27(25-10-6-14-39-25)26(32-20)24-9-5-13-38-24/h3-16,23H,2H2,1H3,(H,34,35,36). The Labute approximate surface area is 242 Å². The van der Waals surface area contributed by atoms with Crippen LogP contribution in [0.1, 0.15) is 23.7 Å². The van der Waals surface area contributed by atoms with E-state index in [-0.39, 0.29) is 12.0 Å². The summed E-state index contributed by atoms with van der Waals surface area (Å²) in [5.74, 6) is -0.113. The van der Waals surface area contributed by atoms with E-state index in [9.17, 15) is 9.59 Å². The first-order valence-corrected chi connectivity index (χ1v) is 13.9. The number of amides is 1. The SMILES string of the molecule is CCC(OC(=O)c1ccc2nc(-c3ccco3)c(-c3ccco3)nc2c1)C(=O)Nc1nc(-c2ccccc2Cl)cs1. The highest BCUT2D eigenvalue weighted by atomic mass is 35.5. The number of carbonyl (C=O) groups excluding carboxylic acids is 2. The first-order chi connectivity index (χ1) is 20.0. The first-order valence-electron chi connectivity index (χ1n) is 12.6.